The number of tetrazole rings is 1. The lowest BCUT2D eigenvalue weighted by molar-refractivity contribution is -0.118. The van der Waals surface area contributed by atoms with Crippen molar-refractivity contribution < 1.29 is 9.53 Å². The molecule has 2 N–H and O–H groups in total. The molecule has 8 nitrogen and oxygen atoms in total. The molecule has 0 saturated carbocycles. The third kappa shape index (κ3) is 4.58. The average Bonchev–Trinajstić information content (AvgIpc) is 3.39. The lowest BCUT2D eigenvalue weighted by Crippen LogP contribution is -2.27. The second-order valence-electron chi connectivity index (χ2n) is 6.47. The lowest BCUT2D eigenvalue weighted by Gasteiger charge is -2.07. The summed E-state index contributed by atoms with van der Waals surface area (Å²) in [5, 5.41) is 17.0. The monoisotopic (exact) mass is 442 g/mol. The molecule has 1 amide bonds. The zero-order chi connectivity index (χ0) is 20.9. The highest BCUT2D eigenvalue weighted by atomic mass is 35.5. The average molecular weight is 443 g/mol. The van der Waals surface area contributed by atoms with Gasteiger partial charge in [0.15, 0.2) is 0 Å². The van der Waals surface area contributed by atoms with E-state index in [-0.39, 0.29) is 11.7 Å². The largest absolute Gasteiger partial charge is 0.497 e. The number of fused-ring (bicyclic) bond motifs is 1. The molecule has 0 bridgehead atoms. The zero-order valence-electron chi connectivity index (χ0n) is 16.1. The Hall–Kier alpha value is -3.04. The number of ether oxygens (including phenoxy) is 1. The van der Waals surface area contributed by atoms with Gasteiger partial charge < -0.3 is 15.0 Å². The van der Waals surface area contributed by atoms with Gasteiger partial charge in [0.05, 0.1) is 18.6 Å². The third-order valence-corrected chi connectivity index (χ3v) is 5.67. The second-order valence-corrected chi connectivity index (χ2v) is 7.85. The predicted octanol–water partition coefficient (Wildman–Crippen LogP) is 3.26. The summed E-state index contributed by atoms with van der Waals surface area (Å²) in [7, 11) is 1.60. The van der Waals surface area contributed by atoms with Crippen LogP contribution in [0.4, 0.5) is 0 Å². The fraction of sp³-hybridized carbons (Fsp3) is 0.200. The first-order valence-corrected chi connectivity index (χ1v) is 10.6. The van der Waals surface area contributed by atoms with E-state index >= 15 is 0 Å². The van der Waals surface area contributed by atoms with E-state index in [1.54, 1.807) is 11.8 Å². The maximum absolute atomic E-state index is 12.3. The molecule has 2 heterocycles. The van der Waals surface area contributed by atoms with Crippen LogP contribution in [0.5, 0.6) is 5.75 Å². The molecule has 0 aliphatic carbocycles. The molecule has 2 aromatic carbocycles. The van der Waals surface area contributed by atoms with Crippen LogP contribution in [-0.4, -0.2) is 50.5 Å². The molecule has 4 rings (SSSR count). The molecule has 0 atom stereocenters. The second kappa shape index (κ2) is 9.19. The first-order valence-electron chi connectivity index (χ1n) is 9.22. The van der Waals surface area contributed by atoms with E-state index in [2.05, 4.69) is 25.8 Å². The summed E-state index contributed by atoms with van der Waals surface area (Å²) in [6.07, 6.45) is 2.66. The summed E-state index contributed by atoms with van der Waals surface area (Å²) < 4.78 is 6.82. The molecule has 30 heavy (non-hydrogen) atoms. The van der Waals surface area contributed by atoms with Gasteiger partial charge in [0.1, 0.15) is 5.75 Å². The highest BCUT2D eigenvalue weighted by molar-refractivity contribution is 7.99. The SMILES string of the molecule is COc1cccc(-n2nnnc2SCC(=O)NCCc2c[nH]c3ccc(Cl)cc23)c1. The van der Waals surface area contributed by atoms with Crippen molar-refractivity contribution in [1.29, 1.82) is 0 Å². The van der Waals surface area contributed by atoms with Gasteiger partial charge in [-0.1, -0.05) is 29.4 Å². The van der Waals surface area contributed by atoms with Crippen LogP contribution in [0, 0.1) is 0 Å². The summed E-state index contributed by atoms with van der Waals surface area (Å²) in [4.78, 5) is 15.5. The normalized spacial score (nSPS) is 11.0. The predicted molar refractivity (Wildman–Crippen MR) is 116 cm³/mol. The number of hydrogen-bond acceptors (Lipinski definition) is 6. The van der Waals surface area contributed by atoms with Crippen LogP contribution in [0.25, 0.3) is 16.6 Å². The summed E-state index contributed by atoms with van der Waals surface area (Å²) in [6.45, 7) is 0.527. The summed E-state index contributed by atoms with van der Waals surface area (Å²) >= 11 is 7.36. The van der Waals surface area contributed by atoms with Crippen molar-refractivity contribution in [3.63, 3.8) is 0 Å². The number of nitrogens with zero attached hydrogens (tertiary/aromatic N) is 4. The van der Waals surface area contributed by atoms with Gasteiger partial charge in [-0.15, -0.1) is 5.10 Å². The molecule has 0 aliphatic heterocycles. The minimum atomic E-state index is -0.0851. The highest BCUT2D eigenvalue weighted by Crippen LogP contribution is 2.23. The van der Waals surface area contributed by atoms with Gasteiger partial charge in [-0.2, -0.15) is 4.68 Å². The Labute approximate surface area is 181 Å². The molecule has 0 unspecified atom stereocenters. The number of nitrogens with one attached hydrogen (secondary N) is 2. The van der Waals surface area contributed by atoms with Crippen LogP contribution in [0.3, 0.4) is 0 Å². The van der Waals surface area contributed by atoms with Crippen LogP contribution >= 0.6 is 23.4 Å². The van der Waals surface area contributed by atoms with Gasteiger partial charge in [-0.25, -0.2) is 0 Å². The lowest BCUT2D eigenvalue weighted by atomic mass is 10.1. The minimum Gasteiger partial charge on any atom is -0.497 e. The van der Waals surface area contributed by atoms with Crippen LogP contribution in [-0.2, 0) is 11.2 Å². The van der Waals surface area contributed by atoms with Crippen molar-refractivity contribution in [3.05, 3.63) is 59.2 Å². The number of amides is 1. The Bertz CT molecular complexity index is 1180. The Morgan fingerprint density at radius 2 is 2.20 bits per heavy atom. The Morgan fingerprint density at radius 3 is 3.07 bits per heavy atom. The summed E-state index contributed by atoms with van der Waals surface area (Å²) in [6, 6.07) is 13.1. The van der Waals surface area contributed by atoms with E-state index in [9.17, 15) is 4.79 Å². The number of halogens is 1. The van der Waals surface area contributed by atoms with E-state index in [1.807, 2.05) is 48.7 Å². The molecular formula is C20H19ClN6O2S. The van der Waals surface area contributed by atoms with Gasteiger partial charge in [0, 0.05) is 34.7 Å². The standard InChI is InChI=1S/C20H19ClN6O2S/c1-29-16-4-2-3-15(10-16)27-20(24-25-26-27)30-12-19(28)22-8-7-13-11-23-18-6-5-14(21)9-17(13)18/h2-6,9-11,23H,7-8,12H2,1H3,(H,22,28). The molecular weight excluding hydrogens is 424 g/mol. The number of aromatic amines is 1. The van der Waals surface area contributed by atoms with Crippen molar-refractivity contribution >= 4 is 40.2 Å². The van der Waals surface area contributed by atoms with Gasteiger partial charge >= 0.3 is 0 Å². The summed E-state index contributed by atoms with van der Waals surface area (Å²) in [5.74, 6) is 0.831. The molecule has 0 saturated heterocycles. The van der Waals surface area contributed by atoms with Crippen molar-refractivity contribution in [2.24, 2.45) is 0 Å². The number of hydrogen-bond donors (Lipinski definition) is 2. The number of H-pyrrole nitrogens is 1. The van der Waals surface area contributed by atoms with Gasteiger partial charge in [0.2, 0.25) is 11.1 Å². The number of methoxy groups -OCH3 is 1. The zero-order valence-corrected chi connectivity index (χ0v) is 17.7. The van der Waals surface area contributed by atoms with Crippen LogP contribution < -0.4 is 10.1 Å². The van der Waals surface area contributed by atoms with Crippen LogP contribution in [0.15, 0.2) is 53.8 Å². The maximum Gasteiger partial charge on any atom is 0.230 e. The van der Waals surface area contributed by atoms with Crippen molar-refractivity contribution in [1.82, 2.24) is 30.5 Å². The van der Waals surface area contributed by atoms with Crippen molar-refractivity contribution in [2.75, 3.05) is 19.4 Å². The Morgan fingerprint density at radius 1 is 1.30 bits per heavy atom. The summed E-state index contributed by atoms with van der Waals surface area (Å²) in [5.41, 5.74) is 2.91. The van der Waals surface area contributed by atoms with Crippen LogP contribution in [0.2, 0.25) is 5.02 Å². The van der Waals surface area contributed by atoms with E-state index in [1.165, 1.54) is 11.8 Å². The molecule has 0 fully saturated rings. The van der Waals surface area contributed by atoms with E-state index in [4.69, 9.17) is 16.3 Å². The number of benzene rings is 2. The maximum atomic E-state index is 12.3. The van der Waals surface area contributed by atoms with Gasteiger partial charge in [-0.05, 0) is 52.7 Å². The number of thioether (sulfide) groups is 1. The van der Waals surface area contributed by atoms with Crippen molar-refractivity contribution in [2.45, 2.75) is 11.6 Å². The topological polar surface area (TPSA) is 97.7 Å². The van der Waals surface area contributed by atoms with Crippen molar-refractivity contribution in [3.8, 4) is 11.4 Å². The number of carbonyl (C=O) groups is 1. The Kier molecular flexibility index (Phi) is 6.20. The van der Waals surface area contributed by atoms with E-state index < -0.39 is 0 Å². The smallest absolute Gasteiger partial charge is 0.230 e. The molecule has 10 heteroatoms. The molecule has 2 aromatic heterocycles. The molecule has 0 radical (unpaired) electrons. The Balaban J connectivity index is 1.31. The quantitative estimate of drug-likeness (QED) is 0.406. The molecule has 0 aliphatic rings. The van der Waals surface area contributed by atoms with E-state index in [0.717, 1.165) is 22.2 Å². The number of rotatable bonds is 8. The fourth-order valence-corrected chi connectivity index (χ4v) is 3.94. The first-order chi connectivity index (χ1) is 14.6. The molecule has 4 aromatic rings. The number of aromatic nitrogens is 5. The minimum absolute atomic E-state index is 0.0851. The van der Waals surface area contributed by atoms with Gasteiger partial charge in [0.25, 0.3) is 0 Å². The highest BCUT2D eigenvalue weighted by Gasteiger charge is 2.12. The van der Waals surface area contributed by atoms with Crippen LogP contribution in [0.1, 0.15) is 5.56 Å². The van der Waals surface area contributed by atoms with E-state index in [0.29, 0.717) is 28.9 Å². The molecule has 154 valence electrons. The molecule has 0 spiro atoms. The van der Waals surface area contributed by atoms with Gasteiger partial charge in [-0.3, -0.25) is 4.79 Å². The number of carbonyl (C=O) groups excluding carboxylic acids is 1. The first kappa shape index (κ1) is 20.2. The third-order valence-electron chi connectivity index (χ3n) is 4.52. The fourth-order valence-electron chi connectivity index (χ4n) is 3.05.